The van der Waals surface area contributed by atoms with Crippen LogP contribution < -0.4 is 10.6 Å². The van der Waals surface area contributed by atoms with Crippen LogP contribution in [-0.2, 0) is 25.6 Å². The van der Waals surface area contributed by atoms with Crippen LogP contribution in [0, 0.1) is 0 Å². The minimum absolute atomic E-state index is 0.0458. The third-order valence-electron chi connectivity index (χ3n) is 3.11. The second-order valence-electron chi connectivity index (χ2n) is 6.74. The monoisotopic (exact) mass is 392 g/mol. The molecule has 28 heavy (non-hydrogen) atoms. The van der Waals surface area contributed by atoms with E-state index in [0.717, 1.165) is 5.56 Å². The van der Waals surface area contributed by atoms with Gasteiger partial charge < -0.3 is 19.5 Å². The van der Waals surface area contributed by atoms with Gasteiger partial charge in [-0.3, -0.25) is 5.32 Å². The molecule has 0 radical (unpaired) electrons. The van der Waals surface area contributed by atoms with Crippen LogP contribution in [0.5, 0.6) is 0 Å². The maximum Gasteiger partial charge on any atom is 0.412 e. The Hall–Kier alpha value is -3.03. The van der Waals surface area contributed by atoms with Crippen LogP contribution in [-0.4, -0.2) is 36.9 Å². The van der Waals surface area contributed by atoms with Crippen molar-refractivity contribution in [3.05, 3.63) is 47.7 Å². The van der Waals surface area contributed by atoms with Gasteiger partial charge >= 0.3 is 18.2 Å². The third kappa shape index (κ3) is 10.2. The summed E-state index contributed by atoms with van der Waals surface area (Å²) in [6.45, 7) is 7.34. The number of rotatable bonds is 8. The first kappa shape index (κ1) is 23.0. The summed E-state index contributed by atoms with van der Waals surface area (Å²) in [6, 6.07) is 9.29. The second kappa shape index (κ2) is 11.6. The number of hydrogen-bond donors (Lipinski definition) is 2. The Morgan fingerprint density at radius 1 is 1.04 bits per heavy atom. The van der Waals surface area contributed by atoms with Gasteiger partial charge in [0.2, 0.25) is 0 Å². The standard InChI is InChI=1S/C20H28N2O6/c1-5-26-17(23)16(22-19(25)28-20(2,3)4)12-9-13-21-18(24)27-14-15-10-7-6-8-11-15/h6-8,10-12H,5,9,13-14H2,1-4H3,(H,21,24)(H,22,25)/b16-12+. The van der Waals surface area contributed by atoms with Crippen molar-refractivity contribution in [2.75, 3.05) is 13.2 Å². The number of esters is 1. The smallest absolute Gasteiger partial charge is 0.412 e. The van der Waals surface area contributed by atoms with E-state index in [0.29, 0.717) is 0 Å². The molecule has 0 aliphatic carbocycles. The minimum Gasteiger partial charge on any atom is -0.461 e. The van der Waals surface area contributed by atoms with Gasteiger partial charge in [0, 0.05) is 6.54 Å². The van der Waals surface area contributed by atoms with Crippen molar-refractivity contribution >= 4 is 18.2 Å². The van der Waals surface area contributed by atoms with Crippen LogP contribution in [0.4, 0.5) is 9.59 Å². The van der Waals surface area contributed by atoms with E-state index >= 15 is 0 Å². The van der Waals surface area contributed by atoms with Crippen molar-refractivity contribution < 1.29 is 28.6 Å². The fourth-order valence-electron chi connectivity index (χ4n) is 1.97. The van der Waals surface area contributed by atoms with Crippen LogP contribution in [0.15, 0.2) is 42.1 Å². The molecular weight excluding hydrogens is 364 g/mol. The first-order chi connectivity index (χ1) is 13.2. The molecular formula is C20H28N2O6. The lowest BCUT2D eigenvalue weighted by Gasteiger charge is -2.20. The van der Waals surface area contributed by atoms with Crippen molar-refractivity contribution in [1.82, 2.24) is 10.6 Å². The average Bonchev–Trinajstić information content (AvgIpc) is 2.62. The number of hydrogen-bond acceptors (Lipinski definition) is 6. The number of ether oxygens (including phenoxy) is 3. The van der Waals surface area contributed by atoms with Crippen LogP contribution in [0.2, 0.25) is 0 Å². The van der Waals surface area contributed by atoms with Gasteiger partial charge in [0.25, 0.3) is 0 Å². The van der Waals surface area contributed by atoms with Crippen LogP contribution in [0.25, 0.3) is 0 Å². The zero-order chi connectivity index (χ0) is 21.0. The number of benzene rings is 1. The summed E-state index contributed by atoms with van der Waals surface area (Å²) in [5.74, 6) is -0.681. The zero-order valence-electron chi connectivity index (χ0n) is 16.7. The van der Waals surface area contributed by atoms with Crippen molar-refractivity contribution in [3.8, 4) is 0 Å². The van der Waals surface area contributed by atoms with E-state index < -0.39 is 23.8 Å². The maximum atomic E-state index is 12.0. The van der Waals surface area contributed by atoms with Crippen LogP contribution in [0.3, 0.4) is 0 Å². The van der Waals surface area contributed by atoms with Gasteiger partial charge in [-0.2, -0.15) is 0 Å². The Bertz CT molecular complexity index is 680. The van der Waals surface area contributed by atoms with Gasteiger partial charge in [-0.1, -0.05) is 36.4 Å². The molecule has 0 saturated carbocycles. The molecule has 2 amide bonds. The lowest BCUT2D eigenvalue weighted by Crippen LogP contribution is -2.35. The maximum absolute atomic E-state index is 12.0. The lowest BCUT2D eigenvalue weighted by atomic mass is 10.2. The predicted molar refractivity (Wildman–Crippen MR) is 103 cm³/mol. The average molecular weight is 392 g/mol. The molecule has 154 valence electrons. The molecule has 0 bridgehead atoms. The van der Waals surface area contributed by atoms with E-state index in [1.807, 2.05) is 30.3 Å². The molecule has 1 rings (SSSR count). The first-order valence-electron chi connectivity index (χ1n) is 9.03. The van der Waals surface area contributed by atoms with E-state index in [1.54, 1.807) is 27.7 Å². The molecule has 0 aromatic heterocycles. The van der Waals surface area contributed by atoms with E-state index in [4.69, 9.17) is 14.2 Å². The van der Waals surface area contributed by atoms with Crippen molar-refractivity contribution in [2.45, 2.75) is 46.3 Å². The van der Waals surface area contributed by atoms with Crippen molar-refractivity contribution in [1.29, 1.82) is 0 Å². The molecule has 1 aromatic rings. The van der Waals surface area contributed by atoms with E-state index in [2.05, 4.69) is 10.6 Å². The molecule has 0 aliphatic rings. The molecule has 2 N–H and O–H groups in total. The summed E-state index contributed by atoms with van der Waals surface area (Å²) < 4.78 is 15.1. The van der Waals surface area contributed by atoms with Gasteiger partial charge in [0.1, 0.15) is 17.9 Å². The molecule has 8 heteroatoms. The number of carbonyl (C=O) groups is 3. The molecule has 0 spiro atoms. The summed E-state index contributed by atoms with van der Waals surface area (Å²) in [6.07, 6.45) is 0.404. The number of alkyl carbamates (subject to hydrolysis) is 2. The summed E-state index contributed by atoms with van der Waals surface area (Å²) in [7, 11) is 0. The Morgan fingerprint density at radius 2 is 1.71 bits per heavy atom. The van der Waals surface area contributed by atoms with E-state index in [9.17, 15) is 14.4 Å². The van der Waals surface area contributed by atoms with Gasteiger partial charge in [-0.15, -0.1) is 0 Å². The molecule has 0 unspecified atom stereocenters. The summed E-state index contributed by atoms with van der Waals surface area (Å²) in [4.78, 5) is 35.5. The number of amides is 2. The van der Waals surface area contributed by atoms with Crippen molar-refractivity contribution in [2.24, 2.45) is 0 Å². The number of nitrogens with one attached hydrogen (secondary N) is 2. The third-order valence-corrected chi connectivity index (χ3v) is 3.11. The van der Waals surface area contributed by atoms with Gasteiger partial charge in [-0.05, 0) is 39.7 Å². The van der Waals surface area contributed by atoms with Crippen molar-refractivity contribution in [3.63, 3.8) is 0 Å². The lowest BCUT2D eigenvalue weighted by molar-refractivity contribution is -0.139. The highest BCUT2D eigenvalue weighted by Gasteiger charge is 2.20. The van der Waals surface area contributed by atoms with E-state index in [1.165, 1.54) is 6.08 Å². The Kier molecular flexibility index (Phi) is 9.56. The Balaban J connectivity index is 2.48. The topological polar surface area (TPSA) is 103 Å². The second-order valence-corrected chi connectivity index (χ2v) is 6.74. The summed E-state index contributed by atoms with van der Waals surface area (Å²) in [5.41, 5.74) is 0.132. The number of carbonyl (C=O) groups excluding carboxylic acids is 3. The van der Waals surface area contributed by atoms with Crippen LogP contribution >= 0.6 is 0 Å². The molecule has 0 heterocycles. The zero-order valence-corrected chi connectivity index (χ0v) is 16.7. The summed E-state index contributed by atoms with van der Waals surface area (Å²) >= 11 is 0. The van der Waals surface area contributed by atoms with Gasteiger partial charge in [0.05, 0.1) is 6.61 Å². The fraction of sp³-hybridized carbons (Fsp3) is 0.450. The normalized spacial score (nSPS) is 11.4. The quantitative estimate of drug-likeness (QED) is 0.305. The van der Waals surface area contributed by atoms with Gasteiger partial charge in [0.15, 0.2) is 0 Å². The predicted octanol–water partition coefficient (Wildman–Crippen LogP) is 3.27. The molecule has 0 atom stereocenters. The first-order valence-corrected chi connectivity index (χ1v) is 9.03. The minimum atomic E-state index is -0.762. The molecule has 0 saturated heterocycles. The molecule has 1 aromatic carbocycles. The largest absolute Gasteiger partial charge is 0.461 e. The molecule has 8 nitrogen and oxygen atoms in total. The Morgan fingerprint density at radius 3 is 2.32 bits per heavy atom. The Labute approximate surface area is 165 Å². The van der Waals surface area contributed by atoms with Gasteiger partial charge in [-0.25, -0.2) is 14.4 Å². The summed E-state index contributed by atoms with van der Waals surface area (Å²) in [5, 5.41) is 4.94. The SMILES string of the molecule is CCOC(=O)/C(=C\CCNC(=O)OCc1ccccc1)NC(=O)OC(C)(C)C. The highest BCUT2D eigenvalue weighted by atomic mass is 16.6. The molecule has 0 fully saturated rings. The molecule has 0 aliphatic heterocycles. The van der Waals surface area contributed by atoms with E-state index in [-0.39, 0.29) is 31.9 Å². The highest BCUT2D eigenvalue weighted by molar-refractivity contribution is 5.92. The highest BCUT2D eigenvalue weighted by Crippen LogP contribution is 2.08. The fourth-order valence-corrected chi connectivity index (χ4v) is 1.97. The van der Waals surface area contributed by atoms with Crippen LogP contribution in [0.1, 0.15) is 39.7 Å².